The molecule has 1 aliphatic rings. The van der Waals surface area contributed by atoms with E-state index in [-0.39, 0.29) is 17.6 Å². The third-order valence-corrected chi connectivity index (χ3v) is 5.19. The van der Waals surface area contributed by atoms with Crippen LogP contribution in [0.15, 0.2) is 42.5 Å². The van der Waals surface area contributed by atoms with Crippen molar-refractivity contribution in [3.63, 3.8) is 0 Å². The van der Waals surface area contributed by atoms with Crippen molar-refractivity contribution >= 4 is 17.6 Å². The monoisotopic (exact) mass is 384 g/mol. The molecule has 0 radical (unpaired) electrons. The Hall–Kier alpha value is -2.73. The maximum Gasteiger partial charge on any atom is 0.338 e. The van der Waals surface area contributed by atoms with Gasteiger partial charge in [-0.1, -0.05) is 18.2 Å². The zero-order chi connectivity index (χ0) is 20.1. The molecule has 1 unspecified atom stereocenters. The lowest BCUT2D eigenvalue weighted by molar-refractivity contribution is -0.121. The van der Waals surface area contributed by atoms with Gasteiger partial charge >= 0.3 is 5.97 Å². The quantitative estimate of drug-likeness (QED) is 0.798. The fourth-order valence-corrected chi connectivity index (χ4v) is 3.60. The lowest BCUT2D eigenvalue weighted by Gasteiger charge is -2.32. The Morgan fingerprint density at radius 3 is 2.68 bits per heavy atom. The van der Waals surface area contributed by atoms with E-state index >= 15 is 0 Å². The molecular weight excluding hydrogens is 359 g/mol. The van der Waals surface area contributed by atoms with Crippen molar-refractivity contribution < 1.29 is 18.7 Å². The normalized spacial score (nSPS) is 17.2. The number of ether oxygens (including phenoxy) is 1. The molecule has 1 saturated heterocycles. The molecule has 148 valence electrons. The van der Waals surface area contributed by atoms with E-state index in [1.54, 1.807) is 37.3 Å². The zero-order valence-electron chi connectivity index (χ0n) is 16.2. The molecule has 2 aromatic carbocycles. The van der Waals surface area contributed by atoms with E-state index in [2.05, 4.69) is 10.2 Å². The van der Waals surface area contributed by atoms with Gasteiger partial charge in [-0.05, 0) is 61.7 Å². The summed E-state index contributed by atoms with van der Waals surface area (Å²) in [5, 5.41) is 2.97. The van der Waals surface area contributed by atoms with Gasteiger partial charge in [0, 0.05) is 18.8 Å². The minimum absolute atomic E-state index is 0.0473. The van der Waals surface area contributed by atoms with Crippen LogP contribution in [0.3, 0.4) is 0 Å². The molecule has 6 heteroatoms. The summed E-state index contributed by atoms with van der Waals surface area (Å²) in [6, 6.07) is 11.7. The maximum absolute atomic E-state index is 13.1. The number of carbonyl (C=O) groups is 2. The summed E-state index contributed by atoms with van der Waals surface area (Å²) in [6.07, 6.45) is 1.75. The van der Waals surface area contributed by atoms with Crippen LogP contribution in [0.4, 0.5) is 10.1 Å². The van der Waals surface area contributed by atoms with Crippen LogP contribution in [0, 0.1) is 18.7 Å². The fourth-order valence-electron chi connectivity index (χ4n) is 3.60. The van der Waals surface area contributed by atoms with E-state index in [1.807, 2.05) is 0 Å². The average Bonchev–Trinajstić information content (AvgIpc) is 2.71. The number of nitrogens with one attached hydrogen (secondary N) is 1. The van der Waals surface area contributed by atoms with Crippen molar-refractivity contribution in [1.82, 2.24) is 4.90 Å². The number of hydrogen-bond donors (Lipinski definition) is 1. The second kappa shape index (κ2) is 8.97. The number of rotatable bonds is 5. The first kappa shape index (κ1) is 20.0. The minimum Gasteiger partial charge on any atom is -0.465 e. The Bertz CT molecular complexity index is 851. The molecule has 0 saturated carbocycles. The summed E-state index contributed by atoms with van der Waals surface area (Å²) in [6.45, 7) is 4.06. The molecule has 3 rings (SSSR count). The van der Waals surface area contributed by atoms with Gasteiger partial charge in [0.05, 0.1) is 18.6 Å². The summed E-state index contributed by atoms with van der Waals surface area (Å²) >= 11 is 0. The first-order valence-electron chi connectivity index (χ1n) is 9.43. The molecule has 5 nitrogen and oxygen atoms in total. The van der Waals surface area contributed by atoms with Crippen molar-refractivity contribution in [1.29, 1.82) is 0 Å². The van der Waals surface area contributed by atoms with Gasteiger partial charge in [-0.2, -0.15) is 0 Å². The lowest BCUT2D eigenvalue weighted by Crippen LogP contribution is -2.40. The highest BCUT2D eigenvalue weighted by Crippen LogP contribution is 2.24. The fraction of sp³-hybridized carbons (Fsp3) is 0.364. The molecule has 2 aromatic rings. The van der Waals surface area contributed by atoms with E-state index in [1.165, 1.54) is 19.2 Å². The van der Waals surface area contributed by atoms with Crippen molar-refractivity contribution in [3.05, 3.63) is 65.0 Å². The highest BCUT2D eigenvalue weighted by atomic mass is 19.1. The first-order chi connectivity index (χ1) is 13.5. The Balaban J connectivity index is 1.64. The summed E-state index contributed by atoms with van der Waals surface area (Å²) in [5.41, 5.74) is 2.80. The number of methoxy groups -OCH3 is 1. The zero-order valence-corrected chi connectivity index (χ0v) is 16.2. The first-order valence-corrected chi connectivity index (χ1v) is 9.43. The number of piperidine rings is 1. The number of halogens is 1. The average molecular weight is 384 g/mol. The van der Waals surface area contributed by atoms with Crippen LogP contribution in [-0.2, 0) is 16.1 Å². The molecule has 1 heterocycles. The van der Waals surface area contributed by atoms with Crippen LogP contribution >= 0.6 is 0 Å². The summed E-state index contributed by atoms with van der Waals surface area (Å²) in [5.74, 6) is -0.842. The maximum atomic E-state index is 13.1. The minimum atomic E-state index is -0.420. The van der Waals surface area contributed by atoms with Crippen LogP contribution in [0.2, 0.25) is 0 Å². The lowest BCUT2D eigenvalue weighted by atomic mass is 9.96. The molecule has 1 aliphatic heterocycles. The van der Waals surface area contributed by atoms with Crippen molar-refractivity contribution in [2.45, 2.75) is 26.3 Å². The van der Waals surface area contributed by atoms with Gasteiger partial charge in [0.15, 0.2) is 0 Å². The Labute approximate surface area is 164 Å². The van der Waals surface area contributed by atoms with E-state index in [4.69, 9.17) is 4.74 Å². The van der Waals surface area contributed by atoms with Crippen molar-refractivity contribution in [3.8, 4) is 0 Å². The van der Waals surface area contributed by atoms with E-state index in [0.29, 0.717) is 29.9 Å². The van der Waals surface area contributed by atoms with E-state index < -0.39 is 5.97 Å². The van der Waals surface area contributed by atoms with Gasteiger partial charge in [-0.15, -0.1) is 0 Å². The molecule has 28 heavy (non-hydrogen) atoms. The molecule has 1 atom stereocenters. The van der Waals surface area contributed by atoms with E-state index in [0.717, 1.165) is 24.9 Å². The number of esters is 1. The number of amides is 1. The SMILES string of the molecule is COC(=O)c1cccc(NC(=O)C2CCCN(Cc3ccc(F)cc3)C2)c1C. The number of anilines is 1. The molecule has 1 amide bonds. The molecule has 1 N–H and O–H groups in total. The van der Waals surface area contributed by atoms with Crippen LogP contribution < -0.4 is 5.32 Å². The summed E-state index contributed by atoms with van der Waals surface area (Å²) in [4.78, 5) is 26.9. The van der Waals surface area contributed by atoms with Gasteiger partial charge in [0.25, 0.3) is 0 Å². The Morgan fingerprint density at radius 1 is 1.21 bits per heavy atom. The molecule has 0 aliphatic carbocycles. The van der Waals surface area contributed by atoms with Gasteiger partial charge in [-0.3, -0.25) is 9.69 Å². The van der Waals surface area contributed by atoms with Crippen molar-refractivity contribution in [2.75, 3.05) is 25.5 Å². The molecule has 1 fully saturated rings. The predicted molar refractivity (Wildman–Crippen MR) is 106 cm³/mol. The van der Waals surface area contributed by atoms with Crippen LogP contribution in [0.25, 0.3) is 0 Å². The molecule has 0 aromatic heterocycles. The highest BCUT2D eigenvalue weighted by molar-refractivity contribution is 5.97. The summed E-state index contributed by atoms with van der Waals surface area (Å²) in [7, 11) is 1.34. The second-order valence-electron chi connectivity index (χ2n) is 7.16. The largest absolute Gasteiger partial charge is 0.465 e. The predicted octanol–water partition coefficient (Wildman–Crippen LogP) is 3.77. The standard InChI is InChI=1S/C22H25FN2O3/c1-15-19(22(27)28-2)6-3-7-20(15)24-21(26)17-5-4-12-25(14-17)13-16-8-10-18(23)11-9-16/h3,6-11,17H,4-5,12-14H2,1-2H3,(H,24,26). The van der Waals surface area contributed by atoms with Gasteiger partial charge in [-0.25, -0.2) is 9.18 Å². The Kier molecular flexibility index (Phi) is 6.41. The van der Waals surface area contributed by atoms with Crippen LogP contribution in [0.1, 0.15) is 34.3 Å². The second-order valence-corrected chi connectivity index (χ2v) is 7.16. The third-order valence-electron chi connectivity index (χ3n) is 5.19. The van der Waals surface area contributed by atoms with Gasteiger partial charge < -0.3 is 10.1 Å². The number of nitrogens with zero attached hydrogens (tertiary/aromatic N) is 1. The smallest absolute Gasteiger partial charge is 0.338 e. The van der Waals surface area contributed by atoms with Crippen LogP contribution in [0.5, 0.6) is 0 Å². The molecule has 0 spiro atoms. The topological polar surface area (TPSA) is 58.6 Å². The number of hydrogen-bond acceptors (Lipinski definition) is 4. The van der Waals surface area contributed by atoms with Gasteiger partial charge in [0.1, 0.15) is 5.82 Å². The number of carbonyl (C=O) groups excluding carboxylic acids is 2. The van der Waals surface area contributed by atoms with Crippen molar-refractivity contribution in [2.24, 2.45) is 5.92 Å². The van der Waals surface area contributed by atoms with Crippen LogP contribution in [-0.4, -0.2) is 37.0 Å². The summed E-state index contributed by atoms with van der Waals surface area (Å²) < 4.78 is 17.9. The van der Waals surface area contributed by atoms with Gasteiger partial charge in [0.2, 0.25) is 5.91 Å². The highest BCUT2D eigenvalue weighted by Gasteiger charge is 2.26. The number of likely N-dealkylation sites (tertiary alicyclic amines) is 1. The van der Waals surface area contributed by atoms with E-state index in [9.17, 15) is 14.0 Å². The third kappa shape index (κ3) is 4.75. The molecule has 0 bridgehead atoms. The molecular formula is C22H25FN2O3. The number of benzene rings is 2. The Morgan fingerprint density at radius 2 is 1.96 bits per heavy atom.